The van der Waals surface area contributed by atoms with E-state index in [1.165, 1.54) is 22.1 Å². The van der Waals surface area contributed by atoms with Crippen LogP contribution in [0.15, 0.2) is 91.1 Å². The number of benzene rings is 3. The van der Waals surface area contributed by atoms with Crippen LogP contribution in [-0.4, -0.2) is 57.1 Å². The molecule has 1 fully saturated rings. The van der Waals surface area contributed by atoms with E-state index in [1.807, 2.05) is 18.3 Å². The zero-order chi connectivity index (χ0) is 26.2. The minimum absolute atomic E-state index is 0.0611. The summed E-state index contributed by atoms with van der Waals surface area (Å²) < 4.78 is 6.35. The first kappa shape index (κ1) is 26.1. The molecule has 4 aromatic rings. The lowest BCUT2D eigenvalue weighted by Gasteiger charge is -2.38. The van der Waals surface area contributed by atoms with E-state index in [0.29, 0.717) is 19.6 Å². The third-order valence-electron chi connectivity index (χ3n) is 6.49. The van der Waals surface area contributed by atoms with E-state index in [9.17, 15) is 5.11 Å². The highest BCUT2D eigenvalue weighted by Crippen LogP contribution is 2.34. The third-order valence-corrected chi connectivity index (χ3v) is 6.49. The molecule has 0 radical (unpaired) electrons. The molecule has 2 heterocycles. The minimum Gasteiger partial charge on any atom is -0.473 e. The molecule has 1 saturated heterocycles. The number of aliphatic hydroxyl groups is 1. The summed E-state index contributed by atoms with van der Waals surface area (Å²) in [6.45, 7) is 1.20. The molecule has 1 aliphatic rings. The van der Waals surface area contributed by atoms with Crippen molar-refractivity contribution in [1.82, 2.24) is 10.3 Å². The van der Waals surface area contributed by atoms with Crippen molar-refractivity contribution >= 4 is 22.8 Å². The molecular formula is C29H30N2O6. The Morgan fingerprint density at radius 1 is 0.919 bits per heavy atom. The van der Waals surface area contributed by atoms with E-state index in [0.717, 1.165) is 5.52 Å². The van der Waals surface area contributed by atoms with E-state index in [2.05, 4.69) is 83.1 Å². The van der Waals surface area contributed by atoms with Gasteiger partial charge < -0.3 is 30.4 Å². The second kappa shape index (κ2) is 12.3. The minimum atomic E-state index is -1.82. The van der Waals surface area contributed by atoms with Gasteiger partial charge >= 0.3 is 11.9 Å². The van der Waals surface area contributed by atoms with Crippen LogP contribution in [-0.2, 0) is 20.9 Å². The van der Waals surface area contributed by atoms with Crippen LogP contribution in [0.1, 0.15) is 29.0 Å². The van der Waals surface area contributed by atoms with Crippen LogP contribution >= 0.6 is 0 Å². The first-order valence-corrected chi connectivity index (χ1v) is 12.1. The van der Waals surface area contributed by atoms with Crippen LogP contribution in [0.25, 0.3) is 10.9 Å². The molecule has 37 heavy (non-hydrogen) atoms. The number of H-pyrrole nitrogens is 1. The highest BCUT2D eigenvalue weighted by molar-refractivity contribution is 6.27. The molecule has 192 valence electrons. The number of hydrogen-bond acceptors (Lipinski definition) is 5. The van der Waals surface area contributed by atoms with E-state index in [-0.39, 0.29) is 18.1 Å². The zero-order valence-corrected chi connectivity index (χ0v) is 20.2. The van der Waals surface area contributed by atoms with Gasteiger partial charge in [0.15, 0.2) is 0 Å². The van der Waals surface area contributed by atoms with Crippen molar-refractivity contribution in [3.05, 3.63) is 108 Å². The quantitative estimate of drug-likeness (QED) is 0.254. The number of carboxylic acid groups (broad SMARTS) is 2. The lowest BCUT2D eigenvalue weighted by Crippen LogP contribution is -2.50. The molecular weight excluding hydrogens is 472 g/mol. The van der Waals surface area contributed by atoms with Crippen molar-refractivity contribution in [3.8, 4) is 0 Å². The molecule has 0 spiro atoms. The monoisotopic (exact) mass is 502 g/mol. The van der Waals surface area contributed by atoms with Crippen molar-refractivity contribution < 1.29 is 29.6 Å². The van der Waals surface area contributed by atoms with Gasteiger partial charge in [-0.2, -0.15) is 0 Å². The molecule has 0 aliphatic carbocycles. The van der Waals surface area contributed by atoms with E-state index in [4.69, 9.17) is 24.5 Å². The third kappa shape index (κ3) is 6.83. The highest BCUT2D eigenvalue weighted by atomic mass is 16.5. The average Bonchev–Trinajstić information content (AvgIpc) is 3.38. The van der Waals surface area contributed by atoms with Crippen molar-refractivity contribution in [1.29, 1.82) is 0 Å². The Balaban J connectivity index is 0.000000480. The Labute approximate surface area is 214 Å². The second-order valence-corrected chi connectivity index (χ2v) is 8.97. The van der Waals surface area contributed by atoms with Gasteiger partial charge in [0.1, 0.15) is 0 Å². The molecule has 5 N–H and O–H groups in total. The molecule has 5 rings (SSSR count). The zero-order valence-electron chi connectivity index (χ0n) is 20.2. The lowest BCUT2D eigenvalue weighted by atomic mass is 9.82. The number of aromatic nitrogens is 1. The van der Waals surface area contributed by atoms with Crippen LogP contribution < -0.4 is 5.32 Å². The number of aliphatic carboxylic acids is 2. The van der Waals surface area contributed by atoms with Crippen molar-refractivity contribution in [2.24, 2.45) is 0 Å². The predicted molar refractivity (Wildman–Crippen MR) is 139 cm³/mol. The standard InChI is InChI=1S/C27H28N2O2.C2H2O4/c30-25-16-26(27(20-7-3-1-4-8-20)21-9-5-2-6-10-21)31-18-24(25)29-17-19-11-12-23-22(15-19)13-14-28-23;3-1(4)2(5)6/h1-15,24-30H,16-18H2;(H,3,4)(H,5,6)/t24-,25-,26+;/m0./s1. The summed E-state index contributed by atoms with van der Waals surface area (Å²) in [7, 11) is 0. The fraction of sp³-hybridized carbons (Fsp3) is 0.241. The number of carbonyl (C=O) groups is 2. The van der Waals surface area contributed by atoms with Gasteiger partial charge in [-0.15, -0.1) is 0 Å². The number of carboxylic acids is 2. The SMILES string of the molecule is O=C(O)C(=O)O.O[C@H]1C[C@H](C(c2ccccc2)c2ccccc2)OC[C@@H]1NCc1ccc2[nH]ccc2c1. The molecule has 0 amide bonds. The number of hydrogen-bond donors (Lipinski definition) is 5. The van der Waals surface area contributed by atoms with Gasteiger partial charge in [0.05, 0.1) is 24.9 Å². The molecule has 1 aromatic heterocycles. The normalized spacial score (nSPS) is 19.2. The van der Waals surface area contributed by atoms with E-state index < -0.39 is 18.0 Å². The molecule has 8 heteroatoms. The van der Waals surface area contributed by atoms with Crippen molar-refractivity contribution in [3.63, 3.8) is 0 Å². The summed E-state index contributed by atoms with van der Waals surface area (Å²) in [5.74, 6) is -3.54. The molecule has 1 aliphatic heterocycles. The predicted octanol–water partition coefficient (Wildman–Crippen LogP) is 3.76. The topological polar surface area (TPSA) is 132 Å². The Morgan fingerprint density at radius 3 is 2.11 bits per heavy atom. The van der Waals surface area contributed by atoms with Gasteiger partial charge in [-0.3, -0.25) is 0 Å². The van der Waals surface area contributed by atoms with Gasteiger partial charge in [-0.25, -0.2) is 9.59 Å². The van der Waals surface area contributed by atoms with Gasteiger partial charge in [0.2, 0.25) is 0 Å². The summed E-state index contributed by atoms with van der Waals surface area (Å²) >= 11 is 0. The van der Waals surface area contributed by atoms with Gasteiger partial charge in [-0.1, -0.05) is 66.7 Å². The van der Waals surface area contributed by atoms with E-state index >= 15 is 0 Å². The van der Waals surface area contributed by atoms with E-state index in [1.54, 1.807) is 0 Å². The van der Waals surface area contributed by atoms with Gasteiger partial charge in [0.25, 0.3) is 0 Å². The summed E-state index contributed by atoms with van der Waals surface area (Å²) in [6.07, 6.45) is 2.04. The summed E-state index contributed by atoms with van der Waals surface area (Å²) in [4.78, 5) is 21.4. The Morgan fingerprint density at radius 2 is 1.54 bits per heavy atom. The van der Waals surface area contributed by atoms with Crippen LogP contribution in [0.3, 0.4) is 0 Å². The molecule has 0 unspecified atom stereocenters. The maximum absolute atomic E-state index is 11.0. The largest absolute Gasteiger partial charge is 0.473 e. The van der Waals surface area contributed by atoms with Crippen molar-refractivity contribution in [2.75, 3.05) is 6.61 Å². The number of nitrogens with one attached hydrogen (secondary N) is 2. The Kier molecular flexibility index (Phi) is 8.68. The Bertz CT molecular complexity index is 1260. The Hall–Kier alpha value is -3.98. The van der Waals surface area contributed by atoms with Crippen LogP contribution in [0.5, 0.6) is 0 Å². The van der Waals surface area contributed by atoms with Crippen LogP contribution in [0, 0.1) is 0 Å². The summed E-state index contributed by atoms with van der Waals surface area (Å²) in [5, 5.41) is 30.4. The van der Waals surface area contributed by atoms with Crippen molar-refractivity contribution in [2.45, 2.75) is 37.1 Å². The lowest BCUT2D eigenvalue weighted by molar-refractivity contribution is -0.159. The first-order chi connectivity index (χ1) is 17.9. The molecule has 3 atom stereocenters. The smallest absolute Gasteiger partial charge is 0.414 e. The average molecular weight is 503 g/mol. The number of aromatic amines is 1. The number of ether oxygens (including phenoxy) is 1. The summed E-state index contributed by atoms with van der Waals surface area (Å²) in [5.41, 5.74) is 4.78. The van der Waals surface area contributed by atoms with Gasteiger partial charge in [0, 0.05) is 30.6 Å². The second-order valence-electron chi connectivity index (χ2n) is 8.97. The maximum atomic E-state index is 11.0. The van der Waals surface area contributed by atoms with Crippen LogP contribution in [0.2, 0.25) is 0 Å². The molecule has 3 aromatic carbocycles. The van der Waals surface area contributed by atoms with Crippen LogP contribution in [0.4, 0.5) is 0 Å². The fourth-order valence-corrected chi connectivity index (χ4v) is 4.64. The maximum Gasteiger partial charge on any atom is 0.414 e. The number of rotatable bonds is 6. The molecule has 8 nitrogen and oxygen atoms in total. The number of aliphatic hydroxyl groups excluding tert-OH is 1. The number of fused-ring (bicyclic) bond motifs is 1. The summed E-state index contributed by atoms with van der Waals surface area (Å²) in [6, 6.07) is 29.3. The first-order valence-electron chi connectivity index (χ1n) is 12.1. The fourth-order valence-electron chi connectivity index (χ4n) is 4.64. The van der Waals surface area contributed by atoms with Gasteiger partial charge in [-0.05, 0) is 40.3 Å². The highest BCUT2D eigenvalue weighted by Gasteiger charge is 2.35. The molecule has 0 bridgehead atoms. The molecule has 0 saturated carbocycles.